The van der Waals surface area contributed by atoms with E-state index in [4.69, 9.17) is 5.11 Å². The van der Waals surface area contributed by atoms with Crippen molar-refractivity contribution in [2.24, 2.45) is 0 Å². The highest BCUT2D eigenvalue weighted by molar-refractivity contribution is 7.16. The summed E-state index contributed by atoms with van der Waals surface area (Å²) in [5.41, 5.74) is 0.208. The molecule has 0 radical (unpaired) electrons. The van der Waals surface area contributed by atoms with Crippen molar-refractivity contribution in [1.82, 2.24) is 14.6 Å². The third-order valence-electron chi connectivity index (χ3n) is 2.54. The van der Waals surface area contributed by atoms with E-state index in [9.17, 15) is 9.59 Å². The number of carbonyl (C=O) groups is 1. The van der Waals surface area contributed by atoms with Crippen LogP contribution in [-0.2, 0) is 0 Å². The highest BCUT2D eigenvalue weighted by atomic mass is 32.1. The number of carboxylic acid groups (broad SMARTS) is 1. The van der Waals surface area contributed by atoms with Gasteiger partial charge in [0.15, 0.2) is 0 Å². The maximum absolute atomic E-state index is 12.1. The maximum atomic E-state index is 12.1. The normalized spacial score (nSPS) is 11.2. The van der Waals surface area contributed by atoms with Gasteiger partial charge in [-0.05, 0) is 25.1 Å². The van der Waals surface area contributed by atoms with Gasteiger partial charge in [0.05, 0.1) is 16.5 Å². The zero-order valence-electron chi connectivity index (χ0n) is 9.25. The van der Waals surface area contributed by atoms with Gasteiger partial charge in [-0.15, -0.1) is 0 Å². The Morgan fingerprint density at radius 1 is 1.44 bits per heavy atom. The number of hydrogen-bond acceptors (Lipinski definition) is 5. The molecule has 0 saturated heterocycles. The SMILES string of the molecule is Cc1nn2c(=O)c3ccc(C(=O)O)cc3nc2s1. The molecule has 1 aromatic carbocycles. The van der Waals surface area contributed by atoms with Crippen molar-refractivity contribution in [3.05, 3.63) is 39.1 Å². The molecule has 0 fully saturated rings. The Morgan fingerprint density at radius 3 is 2.94 bits per heavy atom. The summed E-state index contributed by atoms with van der Waals surface area (Å²) in [7, 11) is 0. The van der Waals surface area contributed by atoms with Gasteiger partial charge >= 0.3 is 5.97 Å². The molecule has 0 saturated carbocycles. The molecule has 0 atom stereocenters. The summed E-state index contributed by atoms with van der Waals surface area (Å²) in [6.45, 7) is 1.78. The number of carboxylic acids is 1. The van der Waals surface area contributed by atoms with Gasteiger partial charge in [0.1, 0.15) is 5.01 Å². The van der Waals surface area contributed by atoms with E-state index in [1.165, 1.54) is 34.1 Å². The van der Waals surface area contributed by atoms with E-state index in [0.29, 0.717) is 15.9 Å². The average molecular weight is 261 g/mol. The van der Waals surface area contributed by atoms with E-state index in [1.807, 2.05) is 0 Å². The third kappa shape index (κ3) is 1.48. The van der Waals surface area contributed by atoms with E-state index < -0.39 is 5.97 Å². The second-order valence-corrected chi connectivity index (χ2v) is 4.93. The van der Waals surface area contributed by atoms with E-state index in [1.54, 1.807) is 6.92 Å². The van der Waals surface area contributed by atoms with E-state index in [2.05, 4.69) is 10.1 Å². The minimum absolute atomic E-state index is 0.111. The molecule has 0 unspecified atom stereocenters. The fourth-order valence-electron chi connectivity index (χ4n) is 1.74. The van der Waals surface area contributed by atoms with Crippen molar-refractivity contribution in [2.75, 3.05) is 0 Å². The highest BCUT2D eigenvalue weighted by Crippen LogP contribution is 2.15. The molecular formula is C11H7N3O3S. The van der Waals surface area contributed by atoms with Gasteiger partial charge in [-0.3, -0.25) is 4.79 Å². The Kier molecular flexibility index (Phi) is 2.17. The van der Waals surface area contributed by atoms with Gasteiger partial charge in [-0.25, -0.2) is 9.78 Å². The number of hydrogen-bond donors (Lipinski definition) is 1. The van der Waals surface area contributed by atoms with Gasteiger partial charge in [-0.2, -0.15) is 9.61 Å². The van der Waals surface area contributed by atoms with Crippen LogP contribution in [0.5, 0.6) is 0 Å². The van der Waals surface area contributed by atoms with Crippen molar-refractivity contribution in [1.29, 1.82) is 0 Å². The monoisotopic (exact) mass is 261 g/mol. The number of fused-ring (bicyclic) bond motifs is 2. The minimum atomic E-state index is -1.04. The summed E-state index contributed by atoms with van der Waals surface area (Å²) in [4.78, 5) is 27.7. The van der Waals surface area contributed by atoms with Crippen LogP contribution in [0, 0.1) is 6.92 Å². The van der Waals surface area contributed by atoms with Crippen LogP contribution in [0.3, 0.4) is 0 Å². The molecule has 0 bridgehead atoms. The average Bonchev–Trinajstić information content (AvgIpc) is 2.69. The molecule has 7 heteroatoms. The quantitative estimate of drug-likeness (QED) is 0.714. The van der Waals surface area contributed by atoms with E-state index in [-0.39, 0.29) is 11.1 Å². The van der Waals surface area contributed by atoms with Crippen LogP contribution in [0.2, 0.25) is 0 Å². The van der Waals surface area contributed by atoms with Crippen molar-refractivity contribution in [2.45, 2.75) is 6.92 Å². The Hall–Kier alpha value is -2.28. The minimum Gasteiger partial charge on any atom is -0.478 e. The fourth-order valence-corrected chi connectivity index (χ4v) is 2.48. The Labute approximate surface area is 104 Å². The smallest absolute Gasteiger partial charge is 0.335 e. The van der Waals surface area contributed by atoms with Crippen LogP contribution in [0.15, 0.2) is 23.0 Å². The lowest BCUT2D eigenvalue weighted by Gasteiger charge is -1.99. The van der Waals surface area contributed by atoms with Gasteiger partial charge in [-0.1, -0.05) is 11.3 Å². The Balaban J connectivity index is 2.47. The second-order valence-electron chi connectivity index (χ2n) is 3.77. The lowest BCUT2D eigenvalue weighted by molar-refractivity contribution is 0.0697. The Bertz CT molecular complexity index is 850. The lowest BCUT2D eigenvalue weighted by Crippen LogP contribution is -2.15. The molecular weight excluding hydrogens is 254 g/mol. The molecule has 1 N–H and O–H groups in total. The first-order chi connectivity index (χ1) is 8.56. The highest BCUT2D eigenvalue weighted by Gasteiger charge is 2.11. The molecule has 0 aliphatic carbocycles. The maximum Gasteiger partial charge on any atom is 0.335 e. The zero-order chi connectivity index (χ0) is 12.9. The fraction of sp³-hybridized carbons (Fsp3) is 0.0909. The van der Waals surface area contributed by atoms with E-state index >= 15 is 0 Å². The molecule has 3 aromatic rings. The van der Waals surface area contributed by atoms with Gasteiger partial charge < -0.3 is 5.11 Å². The molecule has 0 spiro atoms. The predicted octanol–water partition coefficient (Wildman–Crippen LogP) is 1.31. The molecule has 18 heavy (non-hydrogen) atoms. The van der Waals surface area contributed by atoms with Crippen molar-refractivity contribution in [3.63, 3.8) is 0 Å². The van der Waals surface area contributed by atoms with Crippen LogP contribution in [0.4, 0.5) is 0 Å². The summed E-state index contributed by atoms with van der Waals surface area (Å²) >= 11 is 1.29. The first-order valence-electron chi connectivity index (χ1n) is 5.10. The molecule has 90 valence electrons. The summed E-state index contributed by atoms with van der Waals surface area (Å²) in [6, 6.07) is 4.25. The van der Waals surface area contributed by atoms with Gasteiger partial charge in [0.2, 0.25) is 4.96 Å². The molecule has 2 heterocycles. The summed E-state index contributed by atoms with van der Waals surface area (Å²) in [5.74, 6) is -1.04. The predicted molar refractivity (Wildman–Crippen MR) is 66.3 cm³/mol. The molecule has 6 nitrogen and oxygen atoms in total. The standard InChI is InChI=1S/C11H7N3O3S/c1-5-13-14-9(15)7-3-2-6(10(16)17)4-8(7)12-11(14)18-5/h2-4H,1H3,(H,16,17). The first-order valence-corrected chi connectivity index (χ1v) is 5.91. The van der Waals surface area contributed by atoms with Gasteiger partial charge in [0.25, 0.3) is 5.56 Å². The summed E-state index contributed by atoms with van der Waals surface area (Å²) < 4.78 is 1.24. The second kappa shape index (κ2) is 3.61. The van der Waals surface area contributed by atoms with Crippen molar-refractivity contribution >= 4 is 33.2 Å². The largest absolute Gasteiger partial charge is 0.478 e. The molecule has 0 aliphatic heterocycles. The van der Waals surface area contributed by atoms with Crippen LogP contribution < -0.4 is 5.56 Å². The van der Waals surface area contributed by atoms with Crippen LogP contribution in [0.1, 0.15) is 15.4 Å². The Morgan fingerprint density at radius 2 is 2.22 bits per heavy atom. The van der Waals surface area contributed by atoms with Crippen LogP contribution >= 0.6 is 11.3 Å². The van der Waals surface area contributed by atoms with Crippen molar-refractivity contribution < 1.29 is 9.90 Å². The number of nitrogens with zero attached hydrogens (tertiary/aromatic N) is 3. The third-order valence-corrected chi connectivity index (χ3v) is 3.37. The molecule has 3 rings (SSSR count). The lowest BCUT2D eigenvalue weighted by atomic mass is 10.1. The zero-order valence-corrected chi connectivity index (χ0v) is 10.1. The first kappa shape index (κ1) is 10.8. The van der Waals surface area contributed by atoms with Crippen LogP contribution in [0.25, 0.3) is 15.9 Å². The number of benzene rings is 1. The summed E-state index contributed by atoms with van der Waals surface area (Å²) in [6.07, 6.45) is 0. The van der Waals surface area contributed by atoms with Crippen molar-refractivity contribution in [3.8, 4) is 0 Å². The molecule has 0 aliphatic rings. The van der Waals surface area contributed by atoms with Gasteiger partial charge in [0, 0.05) is 0 Å². The van der Waals surface area contributed by atoms with E-state index in [0.717, 1.165) is 5.01 Å². The molecule has 0 amide bonds. The summed E-state index contributed by atoms with van der Waals surface area (Å²) in [5, 5.41) is 14.1. The number of aromatic nitrogens is 3. The van der Waals surface area contributed by atoms with Crippen LogP contribution in [-0.4, -0.2) is 25.7 Å². The molecule has 2 aromatic heterocycles. The topological polar surface area (TPSA) is 84.6 Å². The number of rotatable bonds is 1. The number of aromatic carboxylic acids is 1. The number of aryl methyl sites for hydroxylation is 1.